The van der Waals surface area contributed by atoms with Gasteiger partial charge < -0.3 is 10.2 Å². The van der Waals surface area contributed by atoms with Crippen molar-refractivity contribution in [1.29, 1.82) is 0 Å². The highest BCUT2D eigenvalue weighted by molar-refractivity contribution is 9.10. The molecule has 2 rings (SSSR count). The van der Waals surface area contributed by atoms with E-state index in [4.69, 9.17) is 0 Å². The highest BCUT2D eigenvalue weighted by Gasteiger charge is 2.11. The molecule has 0 radical (unpaired) electrons. The topological polar surface area (TPSA) is 32.3 Å². The number of carbonyl (C=O) groups is 1. The van der Waals surface area contributed by atoms with E-state index in [1.165, 1.54) is 0 Å². The highest BCUT2D eigenvalue weighted by Crippen LogP contribution is 2.24. The largest absolute Gasteiger partial charge is 0.378 e. The van der Waals surface area contributed by atoms with E-state index in [1.54, 1.807) is 0 Å². The lowest BCUT2D eigenvalue weighted by molar-refractivity contribution is 0.102. The minimum atomic E-state index is -0.109. The van der Waals surface area contributed by atoms with Crippen LogP contribution in [-0.2, 0) is 0 Å². The fourth-order valence-corrected chi connectivity index (χ4v) is 2.73. The molecule has 0 spiro atoms. The second-order valence-corrected chi connectivity index (χ2v) is 6.19. The van der Waals surface area contributed by atoms with Crippen molar-refractivity contribution >= 4 is 33.2 Å². The zero-order valence-electron chi connectivity index (χ0n) is 12.7. The summed E-state index contributed by atoms with van der Waals surface area (Å²) < 4.78 is 0.808. The number of anilines is 2. The van der Waals surface area contributed by atoms with Crippen LogP contribution in [0.2, 0.25) is 0 Å². The van der Waals surface area contributed by atoms with E-state index in [-0.39, 0.29) is 5.91 Å². The summed E-state index contributed by atoms with van der Waals surface area (Å²) in [7, 11) is 3.99. The van der Waals surface area contributed by atoms with Crippen molar-refractivity contribution in [2.75, 3.05) is 24.3 Å². The van der Waals surface area contributed by atoms with E-state index >= 15 is 0 Å². The molecule has 2 aromatic carbocycles. The van der Waals surface area contributed by atoms with Gasteiger partial charge in [-0.3, -0.25) is 4.79 Å². The summed E-state index contributed by atoms with van der Waals surface area (Å²) in [4.78, 5) is 14.4. The molecule has 110 valence electrons. The van der Waals surface area contributed by atoms with Crippen molar-refractivity contribution < 1.29 is 4.79 Å². The van der Waals surface area contributed by atoms with Crippen molar-refractivity contribution in [1.82, 2.24) is 0 Å². The Morgan fingerprint density at radius 3 is 2.38 bits per heavy atom. The number of nitrogens with zero attached hydrogens (tertiary/aromatic N) is 1. The molecule has 2 aromatic rings. The Hall–Kier alpha value is -1.81. The zero-order chi connectivity index (χ0) is 15.6. The van der Waals surface area contributed by atoms with Crippen LogP contribution in [0.3, 0.4) is 0 Å². The normalized spacial score (nSPS) is 10.3. The number of amides is 1. The number of benzene rings is 2. The quantitative estimate of drug-likeness (QED) is 0.893. The van der Waals surface area contributed by atoms with Gasteiger partial charge in [-0.15, -0.1) is 0 Å². The van der Waals surface area contributed by atoms with Crippen molar-refractivity contribution in [3.05, 3.63) is 57.6 Å². The third kappa shape index (κ3) is 3.64. The van der Waals surface area contributed by atoms with Gasteiger partial charge in [-0.2, -0.15) is 0 Å². The second kappa shape index (κ2) is 6.31. The predicted molar refractivity (Wildman–Crippen MR) is 92.3 cm³/mol. The molecule has 3 nitrogen and oxygen atoms in total. The van der Waals surface area contributed by atoms with Gasteiger partial charge in [-0.25, -0.2) is 0 Å². The Balaban J connectivity index is 2.23. The Labute approximate surface area is 134 Å². The van der Waals surface area contributed by atoms with E-state index in [9.17, 15) is 4.79 Å². The lowest BCUT2D eigenvalue weighted by Crippen LogP contribution is -2.14. The molecule has 0 saturated heterocycles. The first-order valence-corrected chi connectivity index (χ1v) is 7.53. The average molecular weight is 347 g/mol. The second-order valence-electron chi connectivity index (χ2n) is 5.33. The first-order chi connectivity index (χ1) is 9.88. The molecule has 4 heteroatoms. The SMILES string of the molecule is Cc1ccc(C(=O)Nc2ccc(N(C)C)cc2C)c(Br)c1. The lowest BCUT2D eigenvalue weighted by atomic mass is 10.1. The number of carbonyl (C=O) groups excluding carboxylic acids is 1. The number of rotatable bonds is 3. The Morgan fingerprint density at radius 2 is 1.81 bits per heavy atom. The number of halogens is 1. The highest BCUT2D eigenvalue weighted by atomic mass is 79.9. The van der Waals surface area contributed by atoms with Crippen LogP contribution in [0, 0.1) is 13.8 Å². The number of aryl methyl sites for hydroxylation is 2. The summed E-state index contributed by atoms with van der Waals surface area (Å²) in [6, 6.07) is 11.7. The van der Waals surface area contributed by atoms with Gasteiger partial charge in [0, 0.05) is 29.9 Å². The molecule has 0 fully saturated rings. The maximum absolute atomic E-state index is 12.4. The molecule has 0 atom stereocenters. The smallest absolute Gasteiger partial charge is 0.256 e. The lowest BCUT2D eigenvalue weighted by Gasteiger charge is -2.16. The maximum Gasteiger partial charge on any atom is 0.256 e. The van der Waals surface area contributed by atoms with Crippen molar-refractivity contribution in [3.63, 3.8) is 0 Å². The summed E-state index contributed by atoms with van der Waals surface area (Å²) in [6.45, 7) is 3.99. The Bertz CT molecular complexity index is 680. The Morgan fingerprint density at radius 1 is 1.10 bits per heavy atom. The standard InChI is InChI=1S/C17H19BrN2O/c1-11-5-7-14(15(18)9-11)17(21)19-16-8-6-13(20(3)4)10-12(16)2/h5-10H,1-4H3,(H,19,21). The van der Waals surface area contributed by atoms with Crippen LogP contribution in [0.15, 0.2) is 40.9 Å². The van der Waals surface area contributed by atoms with Crippen LogP contribution >= 0.6 is 15.9 Å². The minimum Gasteiger partial charge on any atom is -0.378 e. The number of hydrogen-bond donors (Lipinski definition) is 1. The fourth-order valence-electron chi connectivity index (χ4n) is 2.06. The Kier molecular flexibility index (Phi) is 4.68. The van der Waals surface area contributed by atoms with Gasteiger partial charge >= 0.3 is 0 Å². The molecule has 1 N–H and O–H groups in total. The van der Waals surface area contributed by atoms with Crippen LogP contribution in [0.1, 0.15) is 21.5 Å². The summed E-state index contributed by atoms with van der Waals surface area (Å²) in [5, 5.41) is 2.97. The molecule has 0 aliphatic heterocycles. The van der Waals surface area contributed by atoms with Crippen molar-refractivity contribution in [3.8, 4) is 0 Å². The van der Waals surface area contributed by atoms with Crippen LogP contribution < -0.4 is 10.2 Å². The van der Waals surface area contributed by atoms with Crippen molar-refractivity contribution in [2.45, 2.75) is 13.8 Å². The van der Waals surface area contributed by atoms with Gasteiger partial charge in [0.2, 0.25) is 0 Å². The molecule has 0 bridgehead atoms. The van der Waals surface area contributed by atoms with Gasteiger partial charge in [-0.1, -0.05) is 6.07 Å². The first kappa shape index (κ1) is 15.6. The van der Waals surface area contributed by atoms with E-state index in [0.29, 0.717) is 5.56 Å². The van der Waals surface area contributed by atoms with E-state index in [0.717, 1.165) is 27.0 Å². The van der Waals surface area contributed by atoms with Crippen LogP contribution in [0.4, 0.5) is 11.4 Å². The molecule has 1 amide bonds. The summed E-state index contributed by atoms with van der Waals surface area (Å²) in [6.07, 6.45) is 0. The molecular weight excluding hydrogens is 328 g/mol. The monoisotopic (exact) mass is 346 g/mol. The van der Waals surface area contributed by atoms with E-state index in [2.05, 4.69) is 27.3 Å². The molecule has 0 aliphatic rings. The zero-order valence-corrected chi connectivity index (χ0v) is 14.3. The van der Waals surface area contributed by atoms with Gasteiger partial charge in [0.15, 0.2) is 0 Å². The van der Waals surface area contributed by atoms with Crippen LogP contribution in [-0.4, -0.2) is 20.0 Å². The number of nitrogens with one attached hydrogen (secondary N) is 1. The molecule has 0 saturated carbocycles. The fraction of sp³-hybridized carbons (Fsp3) is 0.235. The molecular formula is C17H19BrN2O. The molecule has 0 heterocycles. The van der Waals surface area contributed by atoms with Crippen LogP contribution in [0.25, 0.3) is 0 Å². The predicted octanol–water partition coefficient (Wildman–Crippen LogP) is 4.38. The minimum absolute atomic E-state index is 0.109. The first-order valence-electron chi connectivity index (χ1n) is 6.74. The average Bonchev–Trinajstić information content (AvgIpc) is 2.40. The summed E-state index contributed by atoms with van der Waals surface area (Å²) >= 11 is 3.44. The van der Waals surface area contributed by atoms with Crippen molar-refractivity contribution in [2.24, 2.45) is 0 Å². The molecule has 0 unspecified atom stereocenters. The summed E-state index contributed by atoms with van der Waals surface area (Å²) in [5.74, 6) is -0.109. The summed E-state index contributed by atoms with van der Waals surface area (Å²) in [5.41, 5.74) is 4.74. The maximum atomic E-state index is 12.4. The molecule has 0 aliphatic carbocycles. The van der Waals surface area contributed by atoms with Gasteiger partial charge in [0.25, 0.3) is 5.91 Å². The van der Waals surface area contributed by atoms with Gasteiger partial charge in [0.05, 0.1) is 5.56 Å². The van der Waals surface area contributed by atoms with E-state index < -0.39 is 0 Å². The number of hydrogen-bond acceptors (Lipinski definition) is 2. The van der Waals surface area contributed by atoms with E-state index in [1.807, 2.05) is 63.2 Å². The van der Waals surface area contributed by atoms with Crippen LogP contribution in [0.5, 0.6) is 0 Å². The third-order valence-electron chi connectivity index (χ3n) is 3.34. The van der Waals surface area contributed by atoms with Gasteiger partial charge in [-0.05, 0) is 71.2 Å². The molecule has 0 aromatic heterocycles. The van der Waals surface area contributed by atoms with Gasteiger partial charge in [0.1, 0.15) is 0 Å². The third-order valence-corrected chi connectivity index (χ3v) is 4.00. The molecule has 21 heavy (non-hydrogen) atoms.